The molecule has 0 aliphatic heterocycles. The van der Waals surface area contributed by atoms with Gasteiger partial charge >= 0.3 is 0 Å². The van der Waals surface area contributed by atoms with Gasteiger partial charge in [-0.1, -0.05) is 70.6 Å². The van der Waals surface area contributed by atoms with Gasteiger partial charge in [-0.2, -0.15) is 0 Å². The van der Waals surface area contributed by atoms with Crippen molar-refractivity contribution in [2.24, 2.45) is 0 Å². The minimum Gasteiger partial charge on any atom is -0.0843 e. The van der Waals surface area contributed by atoms with E-state index in [1.807, 2.05) is 18.2 Å². The van der Waals surface area contributed by atoms with Crippen molar-refractivity contribution in [3.63, 3.8) is 0 Å². The molecule has 2 aromatic rings. The van der Waals surface area contributed by atoms with E-state index in [4.69, 9.17) is 11.6 Å². The first kappa shape index (κ1) is 11.0. The Balaban J connectivity index is 2.37. The molecule has 0 heterocycles. The second kappa shape index (κ2) is 4.99. The lowest BCUT2D eigenvalue weighted by Crippen LogP contribution is -1.80. The standard InChI is InChI=1S/C13H10ClI/c14-13-3-1-2-12(8-13)11-6-4-10(9-15)5-7-11/h1-8H,9H2. The van der Waals surface area contributed by atoms with Gasteiger partial charge in [-0.25, -0.2) is 0 Å². The molecule has 0 unspecified atom stereocenters. The van der Waals surface area contributed by atoms with Crippen molar-refractivity contribution >= 4 is 34.2 Å². The predicted octanol–water partition coefficient (Wildman–Crippen LogP) is 4.94. The number of halogens is 2. The average Bonchev–Trinajstić information content (AvgIpc) is 2.29. The minimum atomic E-state index is 0.783. The summed E-state index contributed by atoms with van der Waals surface area (Å²) < 4.78 is 1.05. The van der Waals surface area contributed by atoms with Gasteiger partial charge in [0, 0.05) is 9.45 Å². The SMILES string of the molecule is Clc1cccc(-c2ccc(CI)cc2)c1. The van der Waals surface area contributed by atoms with E-state index in [-0.39, 0.29) is 0 Å². The molecule has 0 atom stereocenters. The maximum atomic E-state index is 5.95. The molecule has 0 aliphatic carbocycles. The maximum absolute atomic E-state index is 5.95. The average molecular weight is 329 g/mol. The second-order valence-electron chi connectivity index (χ2n) is 3.34. The summed E-state index contributed by atoms with van der Waals surface area (Å²) in [6.45, 7) is 0. The molecule has 0 aliphatic rings. The molecule has 2 rings (SSSR count). The maximum Gasteiger partial charge on any atom is 0.0412 e. The second-order valence-corrected chi connectivity index (χ2v) is 4.54. The fourth-order valence-corrected chi connectivity index (χ4v) is 2.15. The monoisotopic (exact) mass is 328 g/mol. The third-order valence-corrected chi connectivity index (χ3v) is 3.38. The summed E-state index contributed by atoms with van der Waals surface area (Å²) in [7, 11) is 0. The zero-order valence-corrected chi connectivity index (χ0v) is 11.0. The third kappa shape index (κ3) is 2.73. The van der Waals surface area contributed by atoms with E-state index >= 15 is 0 Å². The molecule has 0 bridgehead atoms. The molecule has 0 aromatic heterocycles. The lowest BCUT2D eigenvalue weighted by molar-refractivity contribution is 1.45. The molecular weight excluding hydrogens is 319 g/mol. The highest BCUT2D eigenvalue weighted by Gasteiger charge is 1.98. The van der Waals surface area contributed by atoms with Crippen molar-refractivity contribution in [2.45, 2.75) is 4.43 Å². The van der Waals surface area contributed by atoms with Gasteiger partial charge < -0.3 is 0 Å². The summed E-state index contributed by atoms with van der Waals surface area (Å²) in [4.78, 5) is 0. The molecule has 0 N–H and O–H groups in total. The quantitative estimate of drug-likeness (QED) is 0.541. The minimum absolute atomic E-state index is 0.783. The first-order valence-corrected chi connectivity index (χ1v) is 6.61. The van der Waals surface area contributed by atoms with E-state index in [2.05, 4.69) is 52.9 Å². The predicted molar refractivity (Wildman–Crippen MR) is 74.6 cm³/mol. The van der Waals surface area contributed by atoms with Crippen molar-refractivity contribution in [1.82, 2.24) is 0 Å². The Morgan fingerprint density at radius 1 is 0.933 bits per heavy atom. The fourth-order valence-electron chi connectivity index (χ4n) is 1.45. The highest BCUT2D eigenvalue weighted by Crippen LogP contribution is 2.23. The molecule has 2 heteroatoms. The van der Waals surface area contributed by atoms with Gasteiger partial charge in [0.25, 0.3) is 0 Å². The summed E-state index contributed by atoms with van der Waals surface area (Å²) in [6.07, 6.45) is 0. The van der Waals surface area contributed by atoms with Crippen molar-refractivity contribution in [2.75, 3.05) is 0 Å². The highest BCUT2D eigenvalue weighted by molar-refractivity contribution is 14.1. The largest absolute Gasteiger partial charge is 0.0843 e. The number of hydrogen-bond acceptors (Lipinski definition) is 0. The summed E-state index contributed by atoms with van der Waals surface area (Å²) >= 11 is 8.32. The molecule has 2 aromatic carbocycles. The van der Waals surface area contributed by atoms with Crippen LogP contribution in [0.1, 0.15) is 5.56 Å². The Morgan fingerprint density at radius 3 is 2.27 bits per heavy atom. The van der Waals surface area contributed by atoms with E-state index in [0.29, 0.717) is 0 Å². The summed E-state index contributed by atoms with van der Waals surface area (Å²) in [5.41, 5.74) is 3.73. The van der Waals surface area contributed by atoms with Crippen LogP contribution in [0.25, 0.3) is 11.1 Å². The Bertz CT molecular complexity index is 448. The van der Waals surface area contributed by atoms with E-state index in [1.165, 1.54) is 16.7 Å². The Labute approximate surface area is 108 Å². The molecule has 76 valence electrons. The van der Waals surface area contributed by atoms with Crippen LogP contribution < -0.4 is 0 Å². The molecule has 0 spiro atoms. The Hall–Kier alpha value is -0.540. The van der Waals surface area contributed by atoms with Gasteiger partial charge in [0.15, 0.2) is 0 Å². The van der Waals surface area contributed by atoms with E-state index in [9.17, 15) is 0 Å². The zero-order chi connectivity index (χ0) is 10.7. The van der Waals surface area contributed by atoms with Gasteiger partial charge in [0.2, 0.25) is 0 Å². The van der Waals surface area contributed by atoms with Crippen LogP contribution in [-0.4, -0.2) is 0 Å². The lowest BCUT2D eigenvalue weighted by atomic mass is 10.0. The number of rotatable bonds is 2. The van der Waals surface area contributed by atoms with Crippen LogP contribution in [0.3, 0.4) is 0 Å². The molecule has 0 amide bonds. The van der Waals surface area contributed by atoms with Crippen LogP contribution in [0.5, 0.6) is 0 Å². The van der Waals surface area contributed by atoms with Crippen LogP contribution >= 0.6 is 34.2 Å². The summed E-state index contributed by atoms with van der Waals surface area (Å²) in [5, 5.41) is 0.783. The fraction of sp³-hybridized carbons (Fsp3) is 0.0769. The van der Waals surface area contributed by atoms with E-state index in [1.54, 1.807) is 0 Å². The third-order valence-electron chi connectivity index (χ3n) is 2.27. The van der Waals surface area contributed by atoms with Crippen molar-refractivity contribution in [3.8, 4) is 11.1 Å². The number of alkyl halides is 1. The van der Waals surface area contributed by atoms with Crippen LogP contribution in [0, 0.1) is 0 Å². The zero-order valence-electron chi connectivity index (χ0n) is 8.08. The van der Waals surface area contributed by atoms with Gasteiger partial charge in [-0.15, -0.1) is 0 Å². The van der Waals surface area contributed by atoms with Crippen LogP contribution in [-0.2, 0) is 4.43 Å². The summed E-state index contributed by atoms with van der Waals surface area (Å²) in [5.74, 6) is 0. The van der Waals surface area contributed by atoms with Crippen LogP contribution in [0.2, 0.25) is 5.02 Å². The van der Waals surface area contributed by atoms with Gasteiger partial charge in [0.1, 0.15) is 0 Å². The Kier molecular flexibility index (Phi) is 3.65. The number of hydrogen-bond donors (Lipinski definition) is 0. The molecule has 0 saturated heterocycles. The normalized spacial score (nSPS) is 10.3. The first-order chi connectivity index (χ1) is 7.29. The smallest absolute Gasteiger partial charge is 0.0412 e. The van der Waals surface area contributed by atoms with Gasteiger partial charge in [-0.05, 0) is 28.8 Å². The van der Waals surface area contributed by atoms with E-state index in [0.717, 1.165) is 9.45 Å². The highest BCUT2D eigenvalue weighted by atomic mass is 127. The van der Waals surface area contributed by atoms with Crippen molar-refractivity contribution in [3.05, 3.63) is 59.1 Å². The first-order valence-electron chi connectivity index (χ1n) is 4.70. The molecule has 0 radical (unpaired) electrons. The van der Waals surface area contributed by atoms with E-state index < -0.39 is 0 Å². The molecule has 0 fully saturated rings. The topological polar surface area (TPSA) is 0 Å². The molecule has 0 nitrogen and oxygen atoms in total. The molecule has 0 saturated carbocycles. The lowest BCUT2D eigenvalue weighted by Gasteiger charge is -2.03. The van der Waals surface area contributed by atoms with Gasteiger partial charge in [0.05, 0.1) is 0 Å². The van der Waals surface area contributed by atoms with Crippen LogP contribution in [0.15, 0.2) is 48.5 Å². The molecule has 15 heavy (non-hydrogen) atoms. The van der Waals surface area contributed by atoms with Crippen molar-refractivity contribution in [1.29, 1.82) is 0 Å². The Morgan fingerprint density at radius 2 is 1.67 bits per heavy atom. The van der Waals surface area contributed by atoms with Gasteiger partial charge in [-0.3, -0.25) is 0 Å². The van der Waals surface area contributed by atoms with Crippen LogP contribution in [0.4, 0.5) is 0 Å². The summed E-state index contributed by atoms with van der Waals surface area (Å²) in [6, 6.07) is 16.5. The number of benzene rings is 2. The van der Waals surface area contributed by atoms with Crippen molar-refractivity contribution < 1.29 is 0 Å². The molecular formula is C13H10ClI.